The van der Waals surface area contributed by atoms with Crippen LogP contribution in [0.5, 0.6) is 5.75 Å². The summed E-state index contributed by atoms with van der Waals surface area (Å²) in [7, 11) is 1.74. The Hall–Kier alpha value is -1.58. The van der Waals surface area contributed by atoms with Crippen molar-refractivity contribution >= 4 is 21.6 Å². The molecule has 166 valence electrons. The lowest BCUT2D eigenvalue weighted by molar-refractivity contribution is -0.00000709. The number of fused-ring (bicyclic) bond motifs is 4. The monoisotopic (exact) mass is 454 g/mol. The number of hydrogen-bond acceptors (Lipinski definition) is 3. The van der Waals surface area contributed by atoms with Crippen LogP contribution < -0.4 is 17.1 Å². The summed E-state index contributed by atoms with van der Waals surface area (Å²) in [6.45, 7) is 9.59. The van der Waals surface area contributed by atoms with Crippen LogP contribution in [0.4, 0.5) is 0 Å². The van der Waals surface area contributed by atoms with Gasteiger partial charge in [-0.05, 0) is 90.2 Å². The molecule has 2 heterocycles. The first kappa shape index (κ1) is 22.6. The molecule has 0 spiro atoms. The van der Waals surface area contributed by atoms with Crippen LogP contribution in [-0.2, 0) is 25.7 Å². The van der Waals surface area contributed by atoms with Crippen LogP contribution in [0.25, 0.3) is 21.3 Å². The van der Waals surface area contributed by atoms with E-state index < -0.39 is 0 Å². The van der Waals surface area contributed by atoms with E-state index in [0.29, 0.717) is 11.3 Å². The first-order valence-corrected chi connectivity index (χ1v) is 12.3. The standard InChI is InChI=1S/C27H33NOS.ClH/c1-16-6-12-20-23(14-16)30-26-25(20)24(17-7-10-19(29-5)11-8-17)21-15-18(27(2,3)4)9-13-22(21)28-26;/h7-8,10-11,16,18H,6,9,12-15H2,1-5H3;1H/p-1. The molecule has 31 heavy (non-hydrogen) atoms. The van der Waals surface area contributed by atoms with E-state index in [1.54, 1.807) is 17.6 Å². The van der Waals surface area contributed by atoms with Crippen molar-refractivity contribution in [1.29, 1.82) is 0 Å². The van der Waals surface area contributed by atoms with Gasteiger partial charge in [-0.25, -0.2) is 4.98 Å². The maximum absolute atomic E-state index is 5.44. The molecule has 0 saturated heterocycles. The van der Waals surface area contributed by atoms with Gasteiger partial charge >= 0.3 is 0 Å². The van der Waals surface area contributed by atoms with Gasteiger partial charge in [0.1, 0.15) is 10.6 Å². The van der Waals surface area contributed by atoms with Crippen molar-refractivity contribution in [2.24, 2.45) is 17.3 Å². The topological polar surface area (TPSA) is 22.1 Å². The van der Waals surface area contributed by atoms with E-state index in [1.165, 1.54) is 58.3 Å². The molecule has 2 nitrogen and oxygen atoms in total. The zero-order chi connectivity index (χ0) is 21.0. The summed E-state index contributed by atoms with van der Waals surface area (Å²) < 4.78 is 5.44. The third-order valence-electron chi connectivity index (χ3n) is 7.41. The number of thiophene rings is 1. The van der Waals surface area contributed by atoms with E-state index in [4.69, 9.17) is 9.72 Å². The maximum atomic E-state index is 5.44. The van der Waals surface area contributed by atoms with Crippen LogP contribution in [0.3, 0.4) is 0 Å². The van der Waals surface area contributed by atoms with E-state index in [0.717, 1.165) is 24.5 Å². The molecule has 0 saturated carbocycles. The Bertz CT molecular complexity index is 1090. The summed E-state index contributed by atoms with van der Waals surface area (Å²) in [5, 5.41) is 1.46. The van der Waals surface area contributed by atoms with Crippen molar-refractivity contribution in [2.75, 3.05) is 7.11 Å². The molecule has 0 amide bonds. The minimum atomic E-state index is 0. The fraction of sp³-hybridized carbons (Fsp3) is 0.519. The SMILES string of the molecule is COc1ccc(-c2c3c(nc4sc5c(c24)CCC(C)C5)CCC(C(C)(C)C)C3)cc1.[Cl-]. The van der Waals surface area contributed by atoms with Crippen LogP contribution >= 0.6 is 11.3 Å². The van der Waals surface area contributed by atoms with E-state index in [9.17, 15) is 0 Å². The molecule has 2 aliphatic rings. The Morgan fingerprint density at radius 3 is 2.42 bits per heavy atom. The van der Waals surface area contributed by atoms with Gasteiger partial charge in [-0.3, -0.25) is 0 Å². The minimum absolute atomic E-state index is 0. The van der Waals surface area contributed by atoms with E-state index in [1.807, 2.05) is 11.3 Å². The van der Waals surface area contributed by atoms with Gasteiger partial charge in [0.05, 0.1) is 7.11 Å². The predicted molar refractivity (Wildman–Crippen MR) is 128 cm³/mol. The van der Waals surface area contributed by atoms with Crippen molar-refractivity contribution in [2.45, 2.75) is 66.2 Å². The van der Waals surface area contributed by atoms with Crippen molar-refractivity contribution in [1.82, 2.24) is 4.98 Å². The third-order valence-corrected chi connectivity index (χ3v) is 8.56. The largest absolute Gasteiger partial charge is 1.00 e. The molecule has 0 fully saturated rings. The zero-order valence-electron chi connectivity index (χ0n) is 19.3. The van der Waals surface area contributed by atoms with Gasteiger partial charge in [-0.15, -0.1) is 11.3 Å². The van der Waals surface area contributed by atoms with Gasteiger partial charge < -0.3 is 17.1 Å². The van der Waals surface area contributed by atoms with Crippen molar-refractivity contribution in [3.63, 3.8) is 0 Å². The Morgan fingerprint density at radius 2 is 1.74 bits per heavy atom. The van der Waals surface area contributed by atoms with Gasteiger partial charge in [-0.2, -0.15) is 0 Å². The molecule has 2 aromatic heterocycles. The van der Waals surface area contributed by atoms with Crippen LogP contribution in [0.2, 0.25) is 0 Å². The quantitative estimate of drug-likeness (QED) is 0.577. The second-order valence-corrected chi connectivity index (χ2v) is 11.6. The van der Waals surface area contributed by atoms with E-state index in [-0.39, 0.29) is 12.4 Å². The lowest BCUT2D eigenvalue weighted by Crippen LogP contribution is -3.00. The molecule has 2 atom stereocenters. The molecule has 3 aromatic rings. The lowest BCUT2D eigenvalue weighted by atomic mass is 9.70. The Balaban J connectivity index is 0.00000231. The van der Waals surface area contributed by atoms with Gasteiger partial charge in [0, 0.05) is 16.0 Å². The molecule has 5 rings (SSSR count). The number of halogens is 1. The van der Waals surface area contributed by atoms with Crippen LogP contribution in [0.15, 0.2) is 24.3 Å². The maximum Gasteiger partial charge on any atom is 0.124 e. The summed E-state index contributed by atoms with van der Waals surface area (Å²) in [5.41, 5.74) is 7.57. The van der Waals surface area contributed by atoms with E-state index in [2.05, 4.69) is 52.0 Å². The molecular formula is C27H33ClNOS-. The van der Waals surface area contributed by atoms with Crippen LogP contribution in [0.1, 0.15) is 62.2 Å². The number of pyridine rings is 1. The number of aryl methyl sites for hydroxylation is 2. The van der Waals surface area contributed by atoms with Crippen molar-refractivity contribution in [3.05, 3.63) is 46.0 Å². The Labute approximate surface area is 196 Å². The molecule has 1 aromatic carbocycles. The van der Waals surface area contributed by atoms with E-state index >= 15 is 0 Å². The molecule has 2 unspecified atom stereocenters. The number of methoxy groups -OCH3 is 1. The fourth-order valence-electron chi connectivity index (χ4n) is 5.46. The van der Waals surface area contributed by atoms with Gasteiger partial charge in [0.2, 0.25) is 0 Å². The number of ether oxygens (including phenoxy) is 1. The van der Waals surface area contributed by atoms with Crippen molar-refractivity contribution in [3.8, 4) is 16.9 Å². The molecular weight excluding hydrogens is 422 g/mol. The molecule has 0 bridgehead atoms. The number of aromatic nitrogens is 1. The Kier molecular flexibility index (Phi) is 6.13. The summed E-state index contributed by atoms with van der Waals surface area (Å²) in [4.78, 5) is 8.13. The zero-order valence-corrected chi connectivity index (χ0v) is 20.9. The third kappa shape index (κ3) is 4.00. The number of hydrogen-bond donors (Lipinski definition) is 0. The molecule has 0 N–H and O–H groups in total. The summed E-state index contributed by atoms with van der Waals surface area (Å²) in [5.74, 6) is 2.41. The number of benzene rings is 1. The molecule has 2 aliphatic carbocycles. The highest BCUT2D eigenvalue weighted by molar-refractivity contribution is 7.19. The van der Waals surface area contributed by atoms with Gasteiger partial charge in [0.15, 0.2) is 0 Å². The lowest BCUT2D eigenvalue weighted by Gasteiger charge is -2.35. The molecule has 4 heteroatoms. The van der Waals surface area contributed by atoms with Gasteiger partial charge in [-0.1, -0.05) is 39.8 Å². The van der Waals surface area contributed by atoms with Crippen LogP contribution in [0, 0.1) is 17.3 Å². The fourth-order valence-corrected chi connectivity index (χ4v) is 6.87. The highest BCUT2D eigenvalue weighted by atomic mass is 35.5. The Morgan fingerprint density at radius 1 is 1.00 bits per heavy atom. The smallest absolute Gasteiger partial charge is 0.124 e. The minimum Gasteiger partial charge on any atom is -1.00 e. The second-order valence-electron chi connectivity index (χ2n) is 10.5. The highest BCUT2D eigenvalue weighted by Gasteiger charge is 2.33. The predicted octanol–water partition coefficient (Wildman–Crippen LogP) is 4.25. The normalized spacial score (nSPS) is 20.7. The van der Waals surface area contributed by atoms with Crippen molar-refractivity contribution < 1.29 is 17.1 Å². The second kappa shape index (κ2) is 8.41. The number of rotatable bonds is 2. The highest BCUT2D eigenvalue weighted by Crippen LogP contribution is 2.47. The van der Waals surface area contributed by atoms with Crippen LogP contribution in [-0.4, -0.2) is 12.1 Å². The average Bonchev–Trinajstić information content (AvgIpc) is 3.07. The van der Waals surface area contributed by atoms with Gasteiger partial charge in [0.25, 0.3) is 0 Å². The average molecular weight is 455 g/mol. The summed E-state index contributed by atoms with van der Waals surface area (Å²) >= 11 is 1.96. The first-order chi connectivity index (χ1) is 14.3. The summed E-state index contributed by atoms with van der Waals surface area (Å²) in [6, 6.07) is 8.73. The molecule has 0 radical (unpaired) electrons. The molecule has 0 aliphatic heterocycles. The first-order valence-electron chi connectivity index (χ1n) is 11.5. The summed E-state index contributed by atoms with van der Waals surface area (Å²) in [6.07, 6.45) is 7.21. The number of nitrogens with zero attached hydrogens (tertiary/aromatic N) is 1.